The van der Waals surface area contributed by atoms with Crippen LogP contribution in [0.5, 0.6) is 0 Å². The number of aliphatic imine (C=N–C) groups is 1. The highest BCUT2D eigenvalue weighted by atomic mass is 35.5. The van der Waals surface area contributed by atoms with Crippen LogP contribution in [-0.4, -0.2) is 25.0 Å². The SMILES string of the molecule is O=C1NC(C2CCOCC2)=N/C1=C/c1ccc(Cl)c(Cl)c1. The highest BCUT2D eigenvalue weighted by Gasteiger charge is 2.27. The van der Waals surface area contributed by atoms with Gasteiger partial charge in [0.15, 0.2) is 0 Å². The Balaban J connectivity index is 1.83. The van der Waals surface area contributed by atoms with Gasteiger partial charge in [-0.05, 0) is 36.6 Å². The average molecular weight is 325 g/mol. The summed E-state index contributed by atoms with van der Waals surface area (Å²) >= 11 is 11.9. The summed E-state index contributed by atoms with van der Waals surface area (Å²) in [4.78, 5) is 16.4. The monoisotopic (exact) mass is 324 g/mol. The highest BCUT2D eigenvalue weighted by molar-refractivity contribution is 6.42. The van der Waals surface area contributed by atoms with E-state index in [0.29, 0.717) is 29.0 Å². The summed E-state index contributed by atoms with van der Waals surface area (Å²) in [6.07, 6.45) is 3.49. The standard InChI is InChI=1S/C15H14Cl2N2O2/c16-11-2-1-9(7-12(11)17)8-13-15(20)19-14(18-13)10-3-5-21-6-4-10/h1-2,7-8,10H,3-6H2,(H,18,19,20)/b13-8+. The number of amides is 1. The summed E-state index contributed by atoms with van der Waals surface area (Å²) in [6.45, 7) is 1.43. The quantitative estimate of drug-likeness (QED) is 0.848. The number of carbonyl (C=O) groups excluding carboxylic acids is 1. The van der Waals surface area contributed by atoms with Gasteiger partial charge in [0.05, 0.1) is 10.0 Å². The third-order valence-electron chi connectivity index (χ3n) is 3.57. The van der Waals surface area contributed by atoms with Crippen molar-refractivity contribution in [1.82, 2.24) is 5.32 Å². The molecule has 4 nitrogen and oxygen atoms in total. The predicted octanol–water partition coefficient (Wildman–Crippen LogP) is 3.29. The van der Waals surface area contributed by atoms with Crippen LogP contribution in [0, 0.1) is 5.92 Å². The van der Waals surface area contributed by atoms with Gasteiger partial charge in [-0.1, -0.05) is 29.3 Å². The molecule has 0 aromatic heterocycles. The number of hydrogen-bond donors (Lipinski definition) is 1. The number of halogens is 2. The maximum absolute atomic E-state index is 12.0. The molecule has 1 aromatic carbocycles. The Morgan fingerprint density at radius 2 is 2.00 bits per heavy atom. The lowest BCUT2D eigenvalue weighted by molar-refractivity contribution is -0.115. The molecule has 0 bridgehead atoms. The fraction of sp³-hybridized carbons (Fsp3) is 0.333. The number of carbonyl (C=O) groups is 1. The Hall–Kier alpha value is -1.36. The first-order valence-electron chi connectivity index (χ1n) is 6.78. The van der Waals surface area contributed by atoms with Crippen LogP contribution in [0.2, 0.25) is 10.0 Å². The summed E-state index contributed by atoms with van der Waals surface area (Å²) in [6, 6.07) is 5.22. The molecule has 0 radical (unpaired) electrons. The molecule has 110 valence electrons. The van der Waals surface area contributed by atoms with Gasteiger partial charge < -0.3 is 10.1 Å². The third kappa shape index (κ3) is 3.28. The van der Waals surface area contributed by atoms with E-state index in [2.05, 4.69) is 10.3 Å². The summed E-state index contributed by atoms with van der Waals surface area (Å²) in [5.74, 6) is 0.833. The molecule has 21 heavy (non-hydrogen) atoms. The molecule has 3 rings (SSSR count). The smallest absolute Gasteiger partial charge is 0.275 e. The second-order valence-corrected chi connectivity index (χ2v) is 5.86. The number of rotatable bonds is 2. The van der Waals surface area contributed by atoms with Gasteiger partial charge in [-0.2, -0.15) is 0 Å². The summed E-state index contributed by atoms with van der Waals surface area (Å²) in [7, 11) is 0. The van der Waals surface area contributed by atoms with Crippen LogP contribution < -0.4 is 5.32 Å². The Morgan fingerprint density at radius 1 is 1.24 bits per heavy atom. The fourth-order valence-electron chi connectivity index (χ4n) is 2.41. The van der Waals surface area contributed by atoms with E-state index in [-0.39, 0.29) is 11.8 Å². The molecule has 1 saturated heterocycles. The Kier molecular flexibility index (Phi) is 4.29. The Morgan fingerprint density at radius 3 is 2.71 bits per heavy atom. The molecular formula is C15H14Cl2N2O2. The van der Waals surface area contributed by atoms with Gasteiger partial charge in [-0.15, -0.1) is 0 Å². The second kappa shape index (κ2) is 6.18. The summed E-state index contributed by atoms with van der Waals surface area (Å²) in [5, 5.41) is 3.79. The van der Waals surface area contributed by atoms with E-state index < -0.39 is 0 Å². The minimum absolute atomic E-state index is 0.178. The van der Waals surface area contributed by atoms with Gasteiger partial charge in [0.2, 0.25) is 0 Å². The topological polar surface area (TPSA) is 50.7 Å². The van der Waals surface area contributed by atoms with Gasteiger partial charge in [0.1, 0.15) is 11.5 Å². The zero-order valence-corrected chi connectivity index (χ0v) is 12.7. The van der Waals surface area contributed by atoms with Gasteiger partial charge in [0, 0.05) is 19.1 Å². The minimum Gasteiger partial charge on any atom is -0.381 e. The van der Waals surface area contributed by atoms with Crippen LogP contribution in [0.25, 0.3) is 6.08 Å². The van der Waals surface area contributed by atoms with Crippen LogP contribution in [0.4, 0.5) is 0 Å². The zero-order chi connectivity index (χ0) is 14.8. The lowest BCUT2D eigenvalue weighted by Gasteiger charge is -2.21. The van der Waals surface area contributed by atoms with Gasteiger partial charge in [0.25, 0.3) is 5.91 Å². The molecule has 0 spiro atoms. The van der Waals surface area contributed by atoms with Gasteiger partial charge in [-0.25, -0.2) is 4.99 Å². The van der Waals surface area contributed by atoms with E-state index in [9.17, 15) is 4.79 Å². The predicted molar refractivity (Wildman–Crippen MR) is 83.6 cm³/mol. The maximum Gasteiger partial charge on any atom is 0.275 e. The molecule has 2 aliphatic rings. The zero-order valence-electron chi connectivity index (χ0n) is 11.2. The molecule has 1 N–H and O–H groups in total. The van der Waals surface area contributed by atoms with Crippen LogP contribution >= 0.6 is 23.2 Å². The molecule has 0 saturated carbocycles. The van der Waals surface area contributed by atoms with Crippen LogP contribution in [0.1, 0.15) is 18.4 Å². The third-order valence-corrected chi connectivity index (χ3v) is 4.31. The van der Waals surface area contributed by atoms with E-state index in [4.69, 9.17) is 27.9 Å². The normalized spacial score (nSPS) is 21.5. The van der Waals surface area contributed by atoms with Crippen molar-refractivity contribution >= 4 is 41.0 Å². The van der Waals surface area contributed by atoms with E-state index in [0.717, 1.165) is 24.2 Å². The lowest BCUT2D eigenvalue weighted by atomic mass is 9.99. The highest BCUT2D eigenvalue weighted by Crippen LogP contribution is 2.25. The van der Waals surface area contributed by atoms with Crippen LogP contribution in [-0.2, 0) is 9.53 Å². The van der Waals surface area contributed by atoms with Crippen LogP contribution in [0.3, 0.4) is 0 Å². The number of ether oxygens (including phenoxy) is 1. The second-order valence-electron chi connectivity index (χ2n) is 5.04. The van der Waals surface area contributed by atoms with Gasteiger partial charge in [-0.3, -0.25) is 4.79 Å². The van der Waals surface area contributed by atoms with Crippen molar-refractivity contribution in [2.45, 2.75) is 12.8 Å². The summed E-state index contributed by atoms with van der Waals surface area (Å²) in [5.41, 5.74) is 1.20. The first-order valence-corrected chi connectivity index (χ1v) is 7.53. The first-order chi connectivity index (χ1) is 10.1. The summed E-state index contributed by atoms with van der Waals surface area (Å²) < 4.78 is 5.32. The molecule has 6 heteroatoms. The number of hydrogen-bond acceptors (Lipinski definition) is 3. The molecule has 1 amide bonds. The molecule has 2 aliphatic heterocycles. The van der Waals surface area contributed by atoms with Crippen LogP contribution in [0.15, 0.2) is 28.9 Å². The average Bonchev–Trinajstić information content (AvgIpc) is 2.85. The van der Waals surface area contributed by atoms with Crippen molar-refractivity contribution in [3.05, 3.63) is 39.5 Å². The first kappa shape index (κ1) is 14.6. The number of nitrogens with one attached hydrogen (secondary N) is 1. The van der Waals surface area contributed by atoms with E-state index in [1.807, 2.05) is 0 Å². The van der Waals surface area contributed by atoms with E-state index in [1.165, 1.54) is 0 Å². The van der Waals surface area contributed by atoms with Crippen molar-refractivity contribution in [1.29, 1.82) is 0 Å². The maximum atomic E-state index is 12.0. The van der Waals surface area contributed by atoms with E-state index >= 15 is 0 Å². The van der Waals surface area contributed by atoms with E-state index in [1.54, 1.807) is 24.3 Å². The van der Waals surface area contributed by atoms with Crippen molar-refractivity contribution in [2.75, 3.05) is 13.2 Å². The number of amidine groups is 1. The number of nitrogens with zero attached hydrogens (tertiary/aromatic N) is 1. The molecule has 0 unspecified atom stereocenters. The molecule has 0 atom stereocenters. The Labute approximate surface area is 132 Å². The fourth-order valence-corrected chi connectivity index (χ4v) is 2.72. The molecular weight excluding hydrogens is 311 g/mol. The largest absolute Gasteiger partial charge is 0.381 e. The van der Waals surface area contributed by atoms with Crippen molar-refractivity contribution in [3.63, 3.8) is 0 Å². The molecule has 2 heterocycles. The minimum atomic E-state index is -0.178. The molecule has 1 fully saturated rings. The lowest BCUT2D eigenvalue weighted by Crippen LogP contribution is -2.33. The van der Waals surface area contributed by atoms with Crippen molar-refractivity contribution < 1.29 is 9.53 Å². The van der Waals surface area contributed by atoms with Crippen molar-refractivity contribution in [2.24, 2.45) is 10.9 Å². The van der Waals surface area contributed by atoms with Gasteiger partial charge >= 0.3 is 0 Å². The number of benzene rings is 1. The molecule has 0 aliphatic carbocycles. The Bertz CT molecular complexity index is 635. The molecule has 1 aromatic rings. The van der Waals surface area contributed by atoms with Crippen molar-refractivity contribution in [3.8, 4) is 0 Å².